The molecule has 0 bridgehead atoms. The number of benzene rings is 2. The maximum absolute atomic E-state index is 9.53. The third-order valence-electron chi connectivity index (χ3n) is 3.34. The molecular formula is C17H11I2N3O. The van der Waals surface area contributed by atoms with Crippen LogP contribution in [0.15, 0.2) is 36.4 Å². The fraction of sp³-hybridized carbons (Fsp3) is 0.0588. The quantitative estimate of drug-likeness (QED) is 0.392. The summed E-state index contributed by atoms with van der Waals surface area (Å²) in [6.45, 7) is 0. The Kier molecular flexibility index (Phi) is 4.87. The Hall–Kier alpha value is -1.60. The van der Waals surface area contributed by atoms with E-state index < -0.39 is 0 Å². The molecule has 114 valence electrons. The lowest BCUT2D eigenvalue weighted by Gasteiger charge is -2.07. The van der Waals surface area contributed by atoms with Gasteiger partial charge in [0.25, 0.3) is 0 Å². The van der Waals surface area contributed by atoms with Crippen molar-refractivity contribution in [3.8, 4) is 11.8 Å². The Morgan fingerprint density at radius 1 is 1.26 bits per heavy atom. The molecular weight excluding hydrogens is 516 g/mol. The highest BCUT2D eigenvalue weighted by molar-refractivity contribution is 14.1. The van der Waals surface area contributed by atoms with Gasteiger partial charge in [0.05, 0.1) is 23.7 Å². The molecule has 1 N–H and O–H groups in total. The van der Waals surface area contributed by atoms with Crippen LogP contribution in [0, 0.1) is 18.5 Å². The molecule has 2 aromatic carbocycles. The van der Waals surface area contributed by atoms with Crippen LogP contribution in [0.1, 0.15) is 11.4 Å². The van der Waals surface area contributed by atoms with Crippen molar-refractivity contribution in [2.75, 3.05) is 7.11 Å². The van der Waals surface area contributed by atoms with E-state index in [0.717, 1.165) is 29.5 Å². The Labute approximate surface area is 160 Å². The molecule has 0 saturated carbocycles. The van der Waals surface area contributed by atoms with Crippen LogP contribution in [0.25, 0.3) is 22.7 Å². The molecule has 0 spiro atoms. The minimum atomic E-state index is 0.469. The molecule has 6 heteroatoms. The first-order valence-electron chi connectivity index (χ1n) is 6.72. The van der Waals surface area contributed by atoms with E-state index in [-0.39, 0.29) is 0 Å². The second kappa shape index (κ2) is 6.88. The van der Waals surface area contributed by atoms with Crippen molar-refractivity contribution in [1.29, 1.82) is 5.26 Å². The summed E-state index contributed by atoms with van der Waals surface area (Å²) in [5.41, 5.74) is 3.08. The Balaban J connectivity index is 2.12. The minimum absolute atomic E-state index is 0.469. The van der Waals surface area contributed by atoms with Crippen LogP contribution in [-0.4, -0.2) is 17.1 Å². The molecule has 0 fully saturated rings. The van der Waals surface area contributed by atoms with Gasteiger partial charge in [-0.3, -0.25) is 0 Å². The summed E-state index contributed by atoms with van der Waals surface area (Å²) in [5, 5.41) is 9.53. The van der Waals surface area contributed by atoms with E-state index in [2.05, 4.69) is 61.2 Å². The van der Waals surface area contributed by atoms with Crippen LogP contribution in [0.4, 0.5) is 0 Å². The van der Waals surface area contributed by atoms with Gasteiger partial charge >= 0.3 is 0 Å². The summed E-state index contributed by atoms with van der Waals surface area (Å²) in [6, 6.07) is 13.9. The number of nitrogens with one attached hydrogen (secondary N) is 1. The average molecular weight is 527 g/mol. The molecule has 4 nitrogen and oxygen atoms in total. The van der Waals surface area contributed by atoms with Crippen LogP contribution in [0.5, 0.6) is 5.75 Å². The van der Waals surface area contributed by atoms with Crippen molar-refractivity contribution >= 4 is 67.9 Å². The number of methoxy groups -OCH3 is 1. The maximum Gasteiger partial charge on any atom is 0.149 e. The summed E-state index contributed by atoms with van der Waals surface area (Å²) in [4.78, 5) is 7.67. The molecule has 0 amide bonds. The molecule has 0 radical (unpaired) electrons. The van der Waals surface area contributed by atoms with Crippen LogP contribution < -0.4 is 4.74 Å². The first-order chi connectivity index (χ1) is 11.1. The van der Waals surface area contributed by atoms with Gasteiger partial charge in [-0.15, -0.1) is 0 Å². The van der Waals surface area contributed by atoms with Crippen molar-refractivity contribution in [2.45, 2.75) is 0 Å². The number of aromatic nitrogens is 2. The number of fused-ring (bicyclic) bond motifs is 1. The van der Waals surface area contributed by atoms with Gasteiger partial charge in [0, 0.05) is 12.7 Å². The number of nitrogens with zero attached hydrogens (tertiary/aromatic N) is 2. The molecule has 0 aliphatic carbocycles. The maximum atomic E-state index is 9.53. The van der Waals surface area contributed by atoms with Crippen LogP contribution in [-0.2, 0) is 0 Å². The number of halogens is 2. The molecule has 0 aliphatic heterocycles. The van der Waals surface area contributed by atoms with Gasteiger partial charge in [-0.05, 0) is 75.5 Å². The van der Waals surface area contributed by atoms with E-state index in [1.165, 1.54) is 0 Å². The second-order valence-electron chi connectivity index (χ2n) is 4.78. The number of imidazole rings is 1. The zero-order valence-electron chi connectivity index (χ0n) is 12.1. The second-order valence-corrected chi connectivity index (χ2v) is 7.11. The summed E-state index contributed by atoms with van der Waals surface area (Å²) in [5.74, 6) is 1.29. The van der Waals surface area contributed by atoms with E-state index in [9.17, 15) is 5.26 Å². The third kappa shape index (κ3) is 3.35. The lowest BCUT2D eigenvalue weighted by molar-refractivity contribution is 0.413. The predicted molar refractivity (Wildman–Crippen MR) is 108 cm³/mol. The number of hydrogen-bond acceptors (Lipinski definition) is 3. The predicted octanol–water partition coefficient (Wildman–Crippen LogP) is 4.84. The Morgan fingerprint density at radius 3 is 2.70 bits per heavy atom. The molecule has 0 aliphatic rings. The number of allylic oxidation sites excluding steroid dienone is 1. The van der Waals surface area contributed by atoms with E-state index in [1.807, 2.05) is 36.4 Å². The zero-order valence-corrected chi connectivity index (χ0v) is 16.4. The molecule has 1 heterocycles. The number of nitriles is 1. The molecule has 0 saturated heterocycles. The third-order valence-corrected chi connectivity index (χ3v) is 6.15. The normalized spacial score (nSPS) is 11.5. The number of aromatic amines is 1. The van der Waals surface area contributed by atoms with E-state index >= 15 is 0 Å². The molecule has 0 unspecified atom stereocenters. The smallest absolute Gasteiger partial charge is 0.149 e. The fourth-order valence-corrected chi connectivity index (χ4v) is 3.15. The van der Waals surface area contributed by atoms with Gasteiger partial charge in [-0.1, -0.05) is 12.1 Å². The van der Waals surface area contributed by atoms with Gasteiger partial charge < -0.3 is 9.72 Å². The SMILES string of the molecule is COc1cc(I)c(I)cc1/C=C(/C#N)c1nc2ccccc2[nH]1. The highest BCUT2D eigenvalue weighted by atomic mass is 127. The molecule has 1 aromatic heterocycles. The van der Waals surface area contributed by atoms with Crippen molar-refractivity contribution in [3.05, 3.63) is 54.9 Å². The highest BCUT2D eigenvalue weighted by Gasteiger charge is 2.11. The number of hydrogen-bond donors (Lipinski definition) is 1. The Bertz CT molecular complexity index is 921. The summed E-state index contributed by atoms with van der Waals surface area (Å²) < 4.78 is 7.65. The minimum Gasteiger partial charge on any atom is -0.496 e. The number of para-hydroxylation sites is 2. The largest absolute Gasteiger partial charge is 0.496 e. The van der Waals surface area contributed by atoms with Crippen LogP contribution in [0.3, 0.4) is 0 Å². The summed E-state index contributed by atoms with van der Waals surface area (Å²) >= 11 is 4.53. The van der Waals surface area contributed by atoms with Crippen molar-refractivity contribution in [1.82, 2.24) is 9.97 Å². The number of ether oxygens (including phenoxy) is 1. The first kappa shape index (κ1) is 16.3. The fourth-order valence-electron chi connectivity index (χ4n) is 2.22. The van der Waals surface area contributed by atoms with Crippen molar-refractivity contribution in [2.24, 2.45) is 0 Å². The summed E-state index contributed by atoms with van der Waals surface area (Å²) in [7, 11) is 1.63. The van der Waals surface area contributed by atoms with E-state index in [4.69, 9.17) is 4.74 Å². The Morgan fingerprint density at radius 2 is 2.00 bits per heavy atom. The van der Waals surface area contributed by atoms with E-state index in [1.54, 1.807) is 13.2 Å². The molecule has 0 atom stereocenters. The first-order valence-corrected chi connectivity index (χ1v) is 8.88. The van der Waals surface area contributed by atoms with Crippen LogP contribution >= 0.6 is 45.2 Å². The van der Waals surface area contributed by atoms with Crippen LogP contribution in [0.2, 0.25) is 0 Å². The number of rotatable bonds is 3. The summed E-state index contributed by atoms with van der Waals surface area (Å²) in [6.07, 6.45) is 1.80. The zero-order chi connectivity index (χ0) is 16.4. The van der Waals surface area contributed by atoms with Gasteiger partial charge in [-0.2, -0.15) is 5.26 Å². The van der Waals surface area contributed by atoms with Gasteiger partial charge in [0.1, 0.15) is 17.6 Å². The van der Waals surface area contributed by atoms with Gasteiger partial charge in [-0.25, -0.2) is 4.98 Å². The van der Waals surface area contributed by atoms with E-state index in [0.29, 0.717) is 11.4 Å². The lowest BCUT2D eigenvalue weighted by atomic mass is 10.1. The monoisotopic (exact) mass is 527 g/mol. The van der Waals surface area contributed by atoms with Gasteiger partial charge in [0.2, 0.25) is 0 Å². The molecule has 3 aromatic rings. The average Bonchev–Trinajstić information content (AvgIpc) is 2.99. The number of H-pyrrole nitrogens is 1. The standard InChI is InChI=1S/C17H11I2N3O/c1-23-16-8-13(19)12(18)7-10(16)6-11(9-20)17-21-14-4-2-3-5-15(14)22-17/h2-8H,1H3,(H,21,22)/b11-6-. The lowest BCUT2D eigenvalue weighted by Crippen LogP contribution is -1.92. The van der Waals surface area contributed by atoms with Crippen molar-refractivity contribution < 1.29 is 4.74 Å². The van der Waals surface area contributed by atoms with Crippen molar-refractivity contribution in [3.63, 3.8) is 0 Å². The topological polar surface area (TPSA) is 61.7 Å². The highest BCUT2D eigenvalue weighted by Crippen LogP contribution is 2.29. The molecule has 23 heavy (non-hydrogen) atoms. The molecule has 3 rings (SSSR count). The van der Waals surface area contributed by atoms with Gasteiger partial charge in [0.15, 0.2) is 0 Å².